The monoisotopic (exact) mass is 400 g/mol. The molecule has 3 aromatic rings. The third-order valence-electron chi connectivity index (χ3n) is 6.04. The van der Waals surface area contributed by atoms with Crippen LogP contribution in [-0.4, -0.2) is 0 Å². The number of benzene rings is 3. The molecule has 2 aliphatic carbocycles. The number of fused-ring (bicyclic) bond motifs is 3. The van der Waals surface area contributed by atoms with Gasteiger partial charge in [-0.15, -0.1) is 0 Å². The van der Waals surface area contributed by atoms with Crippen LogP contribution in [0.4, 0.5) is 0 Å². The third-order valence-corrected chi connectivity index (χ3v) is 6.53. The van der Waals surface area contributed by atoms with Crippen molar-refractivity contribution < 1.29 is 0 Å². The van der Waals surface area contributed by atoms with Gasteiger partial charge in [0.25, 0.3) is 0 Å². The molecule has 0 aliphatic heterocycles. The van der Waals surface area contributed by atoms with Gasteiger partial charge in [0.05, 0.1) is 0 Å². The molecular formula is C25H21Br. The summed E-state index contributed by atoms with van der Waals surface area (Å²) < 4.78 is 1.15. The van der Waals surface area contributed by atoms with Crippen molar-refractivity contribution in [3.8, 4) is 0 Å². The average molecular weight is 401 g/mol. The van der Waals surface area contributed by atoms with Crippen LogP contribution in [0.25, 0.3) is 22.9 Å². The molecule has 0 amide bonds. The van der Waals surface area contributed by atoms with E-state index < -0.39 is 0 Å². The van der Waals surface area contributed by atoms with Crippen molar-refractivity contribution in [2.45, 2.75) is 32.6 Å². The third kappa shape index (κ3) is 2.49. The zero-order valence-electron chi connectivity index (χ0n) is 15.1. The molecule has 0 spiro atoms. The van der Waals surface area contributed by atoms with Gasteiger partial charge in [-0.3, -0.25) is 0 Å². The normalized spacial score (nSPS) is 17.9. The zero-order chi connectivity index (χ0) is 17.8. The summed E-state index contributed by atoms with van der Waals surface area (Å²) in [5.41, 5.74) is 10.3. The number of halogens is 1. The lowest BCUT2D eigenvalue weighted by Crippen LogP contribution is -2.01. The van der Waals surface area contributed by atoms with E-state index in [1.165, 1.54) is 44.2 Å². The van der Waals surface area contributed by atoms with Gasteiger partial charge in [-0.1, -0.05) is 69.6 Å². The van der Waals surface area contributed by atoms with Crippen LogP contribution in [0.2, 0.25) is 0 Å². The van der Waals surface area contributed by atoms with Crippen molar-refractivity contribution in [1.82, 2.24) is 0 Å². The average Bonchev–Trinajstić information content (AvgIpc) is 3.17. The van der Waals surface area contributed by atoms with Crippen molar-refractivity contribution in [2.24, 2.45) is 0 Å². The summed E-state index contributed by atoms with van der Waals surface area (Å²) >= 11 is 3.63. The maximum Gasteiger partial charge on any atom is 0.0181 e. The molecule has 26 heavy (non-hydrogen) atoms. The predicted octanol–water partition coefficient (Wildman–Crippen LogP) is 7.44. The van der Waals surface area contributed by atoms with Gasteiger partial charge in [0.15, 0.2) is 0 Å². The molecule has 0 saturated carbocycles. The highest BCUT2D eigenvalue weighted by Crippen LogP contribution is 2.45. The Balaban J connectivity index is 1.55. The van der Waals surface area contributed by atoms with E-state index in [4.69, 9.17) is 0 Å². The van der Waals surface area contributed by atoms with Gasteiger partial charge in [-0.05, 0) is 83.5 Å². The molecule has 0 fully saturated rings. The summed E-state index contributed by atoms with van der Waals surface area (Å²) in [5.74, 6) is 0.507. The van der Waals surface area contributed by atoms with Crippen LogP contribution in [0.1, 0.15) is 47.1 Å². The van der Waals surface area contributed by atoms with Crippen LogP contribution >= 0.6 is 15.9 Å². The Hall–Kier alpha value is -2.12. The van der Waals surface area contributed by atoms with Gasteiger partial charge in [0, 0.05) is 10.4 Å². The number of hydrogen-bond acceptors (Lipinski definition) is 0. The number of allylic oxidation sites excluding steroid dienone is 2. The largest absolute Gasteiger partial charge is 0.0649 e. The highest BCUT2D eigenvalue weighted by atomic mass is 79.9. The maximum atomic E-state index is 3.63. The maximum absolute atomic E-state index is 3.63. The number of aryl methyl sites for hydroxylation is 1. The molecule has 0 saturated heterocycles. The van der Waals surface area contributed by atoms with Crippen LogP contribution in [0.3, 0.4) is 0 Å². The molecule has 2 aliphatic rings. The fourth-order valence-corrected chi connectivity index (χ4v) is 5.05. The van der Waals surface area contributed by atoms with Crippen LogP contribution in [-0.2, 0) is 6.42 Å². The fourth-order valence-electron chi connectivity index (χ4n) is 4.67. The molecule has 128 valence electrons. The lowest BCUT2D eigenvalue weighted by Gasteiger charge is -2.17. The van der Waals surface area contributed by atoms with Gasteiger partial charge in [-0.2, -0.15) is 0 Å². The smallest absolute Gasteiger partial charge is 0.0181 e. The minimum absolute atomic E-state index is 0.507. The molecular weight excluding hydrogens is 380 g/mol. The summed E-state index contributed by atoms with van der Waals surface area (Å²) in [6.45, 7) is 4.57. The standard InChI is InChI=1S/C25H21Br/c1-15-9-24-16(2)22-8-7-21(26)13-20(22)14-25(24)23(15)12-17-10-18-5-3-4-6-19(18)11-17/h3-10,13-14,23H,11-12H2,1-2H3. The summed E-state index contributed by atoms with van der Waals surface area (Å²) in [4.78, 5) is 0. The predicted molar refractivity (Wildman–Crippen MR) is 116 cm³/mol. The molecule has 0 bridgehead atoms. The lowest BCUT2D eigenvalue weighted by molar-refractivity contribution is 0.785. The highest BCUT2D eigenvalue weighted by molar-refractivity contribution is 9.10. The topological polar surface area (TPSA) is 0 Å². The molecule has 1 atom stereocenters. The van der Waals surface area contributed by atoms with Crippen LogP contribution in [0.5, 0.6) is 0 Å². The Morgan fingerprint density at radius 1 is 1.00 bits per heavy atom. The molecule has 0 nitrogen and oxygen atoms in total. The number of rotatable bonds is 2. The van der Waals surface area contributed by atoms with Gasteiger partial charge < -0.3 is 0 Å². The molecule has 1 unspecified atom stereocenters. The summed E-state index contributed by atoms with van der Waals surface area (Å²) in [6.07, 6.45) is 7.06. The first-order valence-electron chi connectivity index (χ1n) is 9.28. The lowest BCUT2D eigenvalue weighted by atomic mass is 9.87. The first kappa shape index (κ1) is 16.1. The van der Waals surface area contributed by atoms with Gasteiger partial charge in [0.2, 0.25) is 0 Å². The van der Waals surface area contributed by atoms with E-state index in [0.29, 0.717) is 5.92 Å². The van der Waals surface area contributed by atoms with E-state index in [0.717, 1.165) is 17.3 Å². The van der Waals surface area contributed by atoms with Crippen LogP contribution in [0.15, 0.2) is 64.1 Å². The van der Waals surface area contributed by atoms with E-state index in [9.17, 15) is 0 Å². The first-order chi connectivity index (χ1) is 12.6. The van der Waals surface area contributed by atoms with Gasteiger partial charge in [0.1, 0.15) is 0 Å². The second kappa shape index (κ2) is 5.96. The summed E-state index contributed by atoms with van der Waals surface area (Å²) in [5, 5.41) is 2.71. The second-order valence-corrected chi connectivity index (χ2v) is 8.61. The Kier molecular flexibility index (Phi) is 3.68. The quantitative estimate of drug-likeness (QED) is 0.419. The van der Waals surface area contributed by atoms with Crippen LogP contribution < -0.4 is 0 Å². The van der Waals surface area contributed by atoms with Crippen LogP contribution in [0, 0.1) is 6.92 Å². The Morgan fingerprint density at radius 3 is 2.69 bits per heavy atom. The first-order valence-corrected chi connectivity index (χ1v) is 10.1. The minimum Gasteiger partial charge on any atom is -0.0649 e. The van der Waals surface area contributed by atoms with Crippen molar-refractivity contribution in [1.29, 1.82) is 0 Å². The van der Waals surface area contributed by atoms with Gasteiger partial charge >= 0.3 is 0 Å². The van der Waals surface area contributed by atoms with Crippen molar-refractivity contribution in [3.63, 3.8) is 0 Å². The molecule has 0 heterocycles. The molecule has 0 aromatic heterocycles. The second-order valence-electron chi connectivity index (χ2n) is 7.69. The molecule has 0 radical (unpaired) electrons. The summed E-state index contributed by atoms with van der Waals surface area (Å²) in [6, 6.07) is 17.8. The van der Waals surface area contributed by atoms with E-state index >= 15 is 0 Å². The molecule has 1 heteroatoms. The van der Waals surface area contributed by atoms with Crippen molar-refractivity contribution in [3.05, 3.63) is 92.0 Å². The Labute approximate surface area is 163 Å². The Bertz CT molecular complexity index is 1110. The molecule has 3 aromatic carbocycles. The SMILES string of the molecule is CC1=Cc2c(cc3cc(Br)ccc3c2C)C1CC1=Cc2ccccc2C1. The van der Waals surface area contributed by atoms with E-state index in [2.05, 4.69) is 90.5 Å². The van der Waals surface area contributed by atoms with Crippen molar-refractivity contribution >= 4 is 38.9 Å². The number of hydrogen-bond donors (Lipinski definition) is 0. The fraction of sp³-hybridized carbons (Fsp3) is 0.200. The Morgan fingerprint density at radius 2 is 1.85 bits per heavy atom. The molecule has 0 N–H and O–H groups in total. The van der Waals surface area contributed by atoms with E-state index in [-0.39, 0.29) is 0 Å². The minimum atomic E-state index is 0.507. The highest BCUT2D eigenvalue weighted by Gasteiger charge is 2.27. The van der Waals surface area contributed by atoms with E-state index in [1.54, 1.807) is 5.57 Å². The zero-order valence-corrected chi connectivity index (χ0v) is 16.7. The van der Waals surface area contributed by atoms with Gasteiger partial charge in [-0.25, -0.2) is 0 Å². The van der Waals surface area contributed by atoms with E-state index in [1.807, 2.05) is 0 Å². The summed E-state index contributed by atoms with van der Waals surface area (Å²) in [7, 11) is 0. The van der Waals surface area contributed by atoms with Crippen molar-refractivity contribution in [2.75, 3.05) is 0 Å². The molecule has 5 rings (SSSR count).